The maximum absolute atomic E-state index is 8.06. The van der Waals surface area contributed by atoms with Crippen LogP contribution >= 0.6 is 0 Å². The van der Waals surface area contributed by atoms with E-state index in [-0.39, 0.29) is 6.67 Å². The zero-order chi connectivity index (χ0) is 32.3. The van der Waals surface area contributed by atoms with E-state index in [9.17, 15) is 0 Å². The van der Waals surface area contributed by atoms with E-state index in [4.69, 9.17) is 13.8 Å². The van der Waals surface area contributed by atoms with Gasteiger partial charge in [0.15, 0.2) is 0 Å². The minimum absolute atomic E-state index is 0.222. The molecule has 0 spiro atoms. The number of fused-ring (bicyclic) bond motifs is 4. The molecule has 0 saturated heterocycles. The second-order valence-corrected chi connectivity index (χ2v) is 11.3. The maximum Gasteiger partial charge on any atom is 0.138 e. The van der Waals surface area contributed by atoms with E-state index in [1.807, 2.05) is 65.7 Å². The van der Waals surface area contributed by atoms with Crippen LogP contribution in [0.3, 0.4) is 0 Å². The number of benzene rings is 5. The van der Waals surface area contributed by atoms with Gasteiger partial charge in [-0.3, -0.25) is 4.57 Å². The van der Waals surface area contributed by atoms with Crippen LogP contribution in [0.2, 0.25) is 0 Å². The van der Waals surface area contributed by atoms with Crippen molar-refractivity contribution in [2.75, 3.05) is 23.4 Å². The van der Waals surface area contributed by atoms with Gasteiger partial charge in [-0.25, -0.2) is 4.98 Å². The predicted molar refractivity (Wildman–Crippen MR) is 182 cm³/mol. The Morgan fingerprint density at radius 3 is 2.30 bits per heavy atom. The molecule has 214 valence electrons. The molecule has 0 aliphatic carbocycles. The largest absolute Gasteiger partial charge is 0.457 e. The highest BCUT2D eigenvalue weighted by atomic mass is 16.5. The van der Waals surface area contributed by atoms with Crippen LogP contribution in [-0.4, -0.2) is 23.2 Å². The molecule has 0 radical (unpaired) electrons. The van der Waals surface area contributed by atoms with Crippen molar-refractivity contribution in [3.63, 3.8) is 0 Å². The van der Waals surface area contributed by atoms with Gasteiger partial charge in [0.1, 0.15) is 17.3 Å². The maximum atomic E-state index is 8.06. The van der Waals surface area contributed by atoms with Gasteiger partial charge < -0.3 is 14.5 Å². The predicted octanol–water partition coefficient (Wildman–Crippen LogP) is 9.80. The Morgan fingerprint density at radius 1 is 0.682 bits per heavy atom. The van der Waals surface area contributed by atoms with E-state index in [1.54, 1.807) is 0 Å². The number of anilines is 3. The lowest BCUT2D eigenvalue weighted by atomic mass is 9.96. The van der Waals surface area contributed by atoms with Gasteiger partial charge in [0.25, 0.3) is 0 Å². The van der Waals surface area contributed by atoms with Crippen LogP contribution in [0.15, 0.2) is 128 Å². The van der Waals surface area contributed by atoms with E-state index in [1.165, 1.54) is 21.6 Å². The summed E-state index contributed by atoms with van der Waals surface area (Å²) in [6.45, 7) is 2.26. The van der Waals surface area contributed by atoms with E-state index in [0.717, 1.165) is 44.6 Å². The number of aromatic nitrogens is 2. The fourth-order valence-corrected chi connectivity index (χ4v) is 6.51. The summed E-state index contributed by atoms with van der Waals surface area (Å²) in [5.41, 5.74) is 9.26. The van der Waals surface area contributed by atoms with Crippen LogP contribution in [0.1, 0.15) is 15.2 Å². The molecule has 7 aromatic rings. The third kappa shape index (κ3) is 4.28. The first-order valence-electron chi connectivity index (χ1n) is 16.2. The van der Waals surface area contributed by atoms with Gasteiger partial charge in [0.2, 0.25) is 0 Å². The van der Waals surface area contributed by atoms with Crippen LogP contribution in [0.4, 0.5) is 17.1 Å². The van der Waals surface area contributed by atoms with Gasteiger partial charge in [0, 0.05) is 45.9 Å². The Hall–Kier alpha value is -5.55. The Labute approximate surface area is 261 Å². The number of ether oxygens (including phenoxy) is 1. The van der Waals surface area contributed by atoms with Crippen LogP contribution in [-0.2, 0) is 0 Å². The van der Waals surface area contributed by atoms with Crippen LogP contribution in [0.5, 0.6) is 11.5 Å². The first-order chi connectivity index (χ1) is 22.8. The highest BCUT2D eigenvalue weighted by molar-refractivity contribution is 6.09. The van der Waals surface area contributed by atoms with Crippen molar-refractivity contribution >= 4 is 38.9 Å². The van der Waals surface area contributed by atoms with Crippen LogP contribution < -0.4 is 14.5 Å². The number of aryl methyl sites for hydroxylation is 2. The molecule has 5 heteroatoms. The molecule has 0 N–H and O–H groups in total. The Morgan fingerprint density at radius 2 is 1.43 bits per heavy atom. The quantitative estimate of drug-likeness (QED) is 0.205. The Bertz CT molecular complexity index is 2290. The molecule has 0 fully saturated rings. The lowest BCUT2D eigenvalue weighted by molar-refractivity contribution is 0.483. The van der Waals surface area contributed by atoms with Crippen molar-refractivity contribution in [3.05, 3.63) is 139 Å². The molecular formula is C39H32N4O. The molecule has 2 aromatic heterocycles. The second-order valence-electron chi connectivity index (χ2n) is 11.3. The number of hydrogen-bond donors (Lipinski definition) is 0. The van der Waals surface area contributed by atoms with Crippen molar-refractivity contribution in [1.29, 1.82) is 0 Å². The minimum Gasteiger partial charge on any atom is -0.457 e. The van der Waals surface area contributed by atoms with Gasteiger partial charge in [-0.05, 0) is 90.7 Å². The summed E-state index contributed by atoms with van der Waals surface area (Å²) >= 11 is 0. The molecule has 0 saturated carbocycles. The molecule has 5 aromatic carbocycles. The topological polar surface area (TPSA) is 33.5 Å². The van der Waals surface area contributed by atoms with Gasteiger partial charge in [0.05, 0.1) is 29.1 Å². The molecule has 8 rings (SSSR count). The fraction of sp³-hybridized carbons (Fsp3) is 0.103. The SMILES string of the molecule is [2H]C([2H])([2H])N1CN(c2cccc(Oc3ccc4c5ccccc5n(-c5cc(-c6c(C)cccc6C)ccn5)c4c3)c2)c2ccccc21. The van der Waals surface area contributed by atoms with Crippen LogP contribution in [0, 0.1) is 13.8 Å². The van der Waals surface area contributed by atoms with Crippen molar-refractivity contribution in [3.8, 4) is 28.4 Å². The third-order valence-electron chi connectivity index (χ3n) is 8.50. The summed E-state index contributed by atoms with van der Waals surface area (Å²) in [5, 5.41) is 2.25. The molecule has 1 aliphatic heterocycles. The molecule has 44 heavy (non-hydrogen) atoms. The molecule has 0 bridgehead atoms. The molecule has 5 nitrogen and oxygen atoms in total. The van der Waals surface area contributed by atoms with Crippen molar-refractivity contribution in [2.24, 2.45) is 0 Å². The van der Waals surface area contributed by atoms with Gasteiger partial charge in [-0.1, -0.05) is 54.6 Å². The molecule has 0 atom stereocenters. The molecule has 0 unspecified atom stereocenters. The molecule has 1 aliphatic rings. The number of hydrogen-bond acceptors (Lipinski definition) is 4. The lowest BCUT2D eigenvalue weighted by Crippen LogP contribution is -2.23. The standard InChI is InChI=1S/C39H32N4O/c1-26-10-8-11-27(2)39(26)28-20-21-40-38(22-28)43-34-15-5-4-14-32(34)33-19-18-31(24-37(33)43)44-30-13-9-12-29(23-30)42-25-41(3)35-16-6-7-17-36(35)42/h4-24H,25H2,1-3H3/i3D3. The minimum atomic E-state index is -2.25. The van der Waals surface area contributed by atoms with Gasteiger partial charge >= 0.3 is 0 Å². The molecule has 3 heterocycles. The van der Waals surface area contributed by atoms with Gasteiger partial charge in [-0.15, -0.1) is 0 Å². The van der Waals surface area contributed by atoms with E-state index in [2.05, 4.69) is 85.1 Å². The zero-order valence-corrected chi connectivity index (χ0v) is 24.5. The number of pyridine rings is 1. The average Bonchev–Trinajstić information content (AvgIpc) is 3.62. The molecular weight excluding hydrogens is 540 g/mol. The summed E-state index contributed by atoms with van der Waals surface area (Å²) in [6, 6.07) is 40.5. The van der Waals surface area contributed by atoms with E-state index in [0.29, 0.717) is 17.2 Å². The summed E-state index contributed by atoms with van der Waals surface area (Å²) < 4.78 is 32.9. The smallest absolute Gasteiger partial charge is 0.138 e. The summed E-state index contributed by atoms with van der Waals surface area (Å²) in [7, 11) is 0. The number of nitrogens with zero attached hydrogens (tertiary/aromatic N) is 4. The number of para-hydroxylation sites is 3. The molecule has 0 amide bonds. The van der Waals surface area contributed by atoms with E-state index < -0.39 is 6.98 Å². The summed E-state index contributed by atoms with van der Waals surface area (Å²) in [6.07, 6.45) is 1.88. The van der Waals surface area contributed by atoms with Crippen molar-refractivity contribution in [2.45, 2.75) is 13.8 Å². The van der Waals surface area contributed by atoms with E-state index >= 15 is 0 Å². The lowest BCUT2D eigenvalue weighted by Gasteiger charge is -2.20. The number of rotatable bonds is 5. The first kappa shape index (κ1) is 23.0. The van der Waals surface area contributed by atoms with Gasteiger partial charge in [-0.2, -0.15) is 0 Å². The normalized spacial score (nSPS) is 14.0. The van der Waals surface area contributed by atoms with Crippen molar-refractivity contribution < 1.29 is 8.85 Å². The Kier molecular flexibility index (Phi) is 5.39. The highest BCUT2D eigenvalue weighted by Crippen LogP contribution is 2.41. The Balaban J connectivity index is 1.19. The van der Waals surface area contributed by atoms with Crippen molar-refractivity contribution in [1.82, 2.24) is 9.55 Å². The monoisotopic (exact) mass is 575 g/mol. The first-order valence-corrected chi connectivity index (χ1v) is 14.7. The third-order valence-corrected chi connectivity index (χ3v) is 8.50. The second kappa shape index (κ2) is 10.3. The fourth-order valence-electron chi connectivity index (χ4n) is 6.51. The summed E-state index contributed by atoms with van der Waals surface area (Å²) in [5.74, 6) is 2.18. The average molecular weight is 576 g/mol. The van der Waals surface area contributed by atoms with Crippen LogP contribution in [0.25, 0.3) is 38.8 Å². The highest BCUT2D eigenvalue weighted by Gasteiger charge is 2.24. The zero-order valence-electron chi connectivity index (χ0n) is 27.5. The summed E-state index contributed by atoms with van der Waals surface area (Å²) in [4.78, 5) is 8.31.